The molecule has 106 valence electrons. The van der Waals surface area contributed by atoms with Crippen LogP contribution in [-0.2, 0) is 0 Å². The van der Waals surface area contributed by atoms with Gasteiger partial charge in [0.2, 0.25) is 5.13 Å². The monoisotopic (exact) mass is 353 g/mol. The third-order valence-corrected chi connectivity index (χ3v) is 4.69. The van der Waals surface area contributed by atoms with Gasteiger partial charge in [0.25, 0.3) is 0 Å². The van der Waals surface area contributed by atoms with E-state index in [1.165, 1.54) is 11.5 Å². The Morgan fingerprint density at radius 2 is 2.15 bits per heavy atom. The van der Waals surface area contributed by atoms with Crippen molar-refractivity contribution in [2.75, 3.05) is 18.0 Å². The molecule has 6 heteroatoms. The molecule has 0 bridgehead atoms. The molecule has 0 atom stereocenters. The number of hydrogen-bond donors (Lipinski definition) is 0. The highest BCUT2D eigenvalue weighted by Gasteiger charge is 2.22. The molecule has 4 nitrogen and oxygen atoms in total. The topological polar surface area (TPSA) is 38.2 Å². The second-order valence-corrected chi connectivity index (χ2v) is 6.53. The zero-order valence-electron chi connectivity index (χ0n) is 11.3. The molecule has 20 heavy (non-hydrogen) atoms. The molecule has 2 aromatic rings. The summed E-state index contributed by atoms with van der Waals surface area (Å²) in [5.41, 5.74) is 0. The van der Waals surface area contributed by atoms with Crippen LogP contribution in [-0.4, -0.2) is 28.6 Å². The first-order valence-corrected chi connectivity index (χ1v) is 8.25. The normalized spacial score (nSPS) is 16.4. The summed E-state index contributed by atoms with van der Waals surface area (Å²) in [5.74, 6) is 1.79. The summed E-state index contributed by atoms with van der Waals surface area (Å²) in [4.78, 5) is 6.74. The number of aromatic nitrogens is 2. The molecule has 1 fully saturated rings. The van der Waals surface area contributed by atoms with Gasteiger partial charge in [0.1, 0.15) is 17.7 Å². The molecule has 0 unspecified atom stereocenters. The van der Waals surface area contributed by atoms with Gasteiger partial charge in [-0.3, -0.25) is 0 Å². The SMILES string of the molecule is Cc1nsc(N2CCC(Oc3cccc(Br)c3)CC2)n1. The minimum absolute atomic E-state index is 0.287. The van der Waals surface area contributed by atoms with Crippen molar-refractivity contribution in [3.63, 3.8) is 0 Å². The third kappa shape index (κ3) is 3.30. The van der Waals surface area contributed by atoms with E-state index in [2.05, 4.69) is 30.2 Å². The Balaban J connectivity index is 1.56. The predicted octanol–water partition coefficient (Wildman–Crippen LogP) is 3.66. The highest BCUT2D eigenvalue weighted by molar-refractivity contribution is 9.10. The molecule has 0 radical (unpaired) electrons. The molecule has 1 aliphatic heterocycles. The first-order valence-electron chi connectivity index (χ1n) is 6.68. The van der Waals surface area contributed by atoms with E-state index in [0.717, 1.165) is 47.1 Å². The number of nitrogens with zero attached hydrogens (tertiary/aromatic N) is 3. The van der Waals surface area contributed by atoms with Crippen molar-refractivity contribution < 1.29 is 4.74 Å². The minimum Gasteiger partial charge on any atom is -0.490 e. The van der Waals surface area contributed by atoms with Crippen LogP contribution >= 0.6 is 27.5 Å². The smallest absolute Gasteiger partial charge is 0.205 e. The average Bonchev–Trinajstić information content (AvgIpc) is 2.86. The van der Waals surface area contributed by atoms with E-state index < -0.39 is 0 Å². The molecule has 0 N–H and O–H groups in total. The molecule has 1 saturated heterocycles. The van der Waals surface area contributed by atoms with Gasteiger partial charge in [0.05, 0.1) is 0 Å². The number of rotatable bonds is 3. The van der Waals surface area contributed by atoms with Gasteiger partial charge in [-0.25, -0.2) is 4.98 Å². The van der Waals surface area contributed by atoms with Crippen molar-refractivity contribution in [2.24, 2.45) is 0 Å². The molecule has 1 aliphatic rings. The maximum absolute atomic E-state index is 6.04. The summed E-state index contributed by atoms with van der Waals surface area (Å²) in [5, 5.41) is 1.03. The van der Waals surface area contributed by atoms with Crippen molar-refractivity contribution in [3.05, 3.63) is 34.6 Å². The van der Waals surface area contributed by atoms with Crippen LogP contribution in [0.5, 0.6) is 5.75 Å². The van der Waals surface area contributed by atoms with Crippen LogP contribution in [0.3, 0.4) is 0 Å². The lowest BCUT2D eigenvalue weighted by atomic mass is 10.1. The largest absolute Gasteiger partial charge is 0.490 e. The molecule has 0 aliphatic carbocycles. The number of ether oxygens (including phenoxy) is 1. The van der Waals surface area contributed by atoms with Crippen molar-refractivity contribution >= 4 is 32.6 Å². The molecule has 3 rings (SSSR count). The van der Waals surface area contributed by atoms with Crippen LogP contribution < -0.4 is 9.64 Å². The summed E-state index contributed by atoms with van der Waals surface area (Å²) in [7, 11) is 0. The quantitative estimate of drug-likeness (QED) is 0.843. The summed E-state index contributed by atoms with van der Waals surface area (Å²) >= 11 is 4.95. The van der Waals surface area contributed by atoms with Crippen molar-refractivity contribution in [3.8, 4) is 5.75 Å². The molecule has 1 aromatic heterocycles. The van der Waals surface area contributed by atoms with Gasteiger partial charge in [0.15, 0.2) is 0 Å². The van der Waals surface area contributed by atoms with E-state index in [-0.39, 0.29) is 6.10 Å². The molecular weight excluding hydrogens is 338 g/mol. The minimum atomic E-state index is 0.287. The molecular formula is C14H16BrN3OS. The Kier molecular flexibility index (Phi) is 4.21. The van der Waals surface area contributed by atoms with Crippen LogP contribution in [0.25, 0.3) is 0 Å². The van der Waals surface area contributed by atoms with Gasteiger partial charge >= 0.3 is 0 Å². The fourth-order valence-corrected chi connectivity index (χ4v) is 3.42. The predicted molar refractivity (Wildman–Crippen MR) is 84.7 cm³/mol. The average molecular weight is 354 g/mol. The van der Waals surface area contributed by atoms with E-state index >= 15 is 0 Å². The highest BCUT2D eigenvalue weighted by Crippen LogP contribution is 2.25. The first-order chi connectivity index (χ1) is 9.70. The molecule has 0 amide bonds. The Labute approximate surface area is 131 Å². The second kappa shape index (κ2) is 6.10. The van der Waals surface area contributed by atoms with Crippen molar-refractivity contribution in [1.29, 1.82) is 0 Å². The molecule has 1 aromatic carbocycles. The van der Waals surface area contributed by atoms with Crippen LogP contribution in [0, 0.1) is 6.92 Å². The molecule has 0 spiro atoms. The van der Waals surface area contributed by atoms with Gasteiger partial charge in [0, 0.05) is 41.9 Å². The highest BCUT2D eigenvalue weighted by atomic mass is 79.9. The third-order valence-electron chi connectivity index (χ3n) is 3.33. The van der Waals surface area contributed by atoms with E-state index in [0.29, 0.717) is 0 Å². The first kappa shape index (κ1) is 13.8. The van der Waals surface area contributed by atoms with Gasteiger partial charge in [-0.1, -0.05) is 22.0 Å². The van der Waals surface area contributed by atoms with Crippen LogP contribution in [0.4, 0.5) is 5.13 Å². The molecule has 2 heterocycles. The summed E-state index contributed by atoms with van der Waals surface area (Å²) in [6, 6.07) is 8.03. The van der Waals surface area contributed by atoms with E-state index in [1.54, 1.807) is 0 Å². The number of piperidine rings is 1. The van der Waals surface area contributed by atoms with Crippen molar-refractivity contribution in [2.45, 2.75) is 25.9 Å². The summed E-state index contributed by atoms with van der Waals surface area (Å²) in [6.45, 7) is 3.89. The lowest BCUT2D eigenvalue weighted by Crippen LogP contribution is -2.38. The van der Waals surface area contributed by atoms with Gasteiger partial charge in [-0.2, -0.15) is 4.37 Å². The zero-order valence-corrected chi connectivity index (χ0v) is 13.7. The van der Waals surface area contributed by atoms with E-state index in [1.807, 2.05) is 31.2 Å². The van der Waals surface area contributed by atoms with Gasteiger partial charge < -0.3 is 9.64 Å². The maximum Gasteiger partial charge on any atom is 0.205 e. The number of benzene rings is 1. The Hall–Kier alpha value is -1.14. The second-order valence-electron chi connectivity index (χ2n) is 4.89. The van der Waals surface area contributed by atoms with Crippen LogP contribution in [0.1, 0.15) is 18.7 Å². The van der Waals surface area contributed by atoms with Crippen LogP contribution in [0.15, 0.2) is 28.7 Å². The molecule has 0 saturated carbocycles. The van der Waals surface area contributed by atoms with Gasteiger partial charge in [-0.05, 0) is 25.1 Å². The number of hydrogen-bond acceptors (Lipinski definition) is 5. The fourth-order valence-electron chi connectivity index (χ4n) is 2.31. The lowest BCUT2D eigenvalue weighted by molar-refractivity contribution is 0.171. The van der Waals surface area contributed by atoms with E-state index in [9.17, 15) is 0 Å². The summed E-state index contributed by atoms with van der Waals surface area (Å²) < 4.78 is 11.3. The number of aryl methyl sites for hydroxylation is 1. The Morgan fingerprint density at radius 1 is 1.35 bits per heavy atom. The van der Waals surface area contributed by atoms with Crippen molar-refractivity contribution in [1.82, 2.24) is 9.36 Å². The van der Waals surface area contributed by atoms with E-state index in [4.69, 9.17) is 4.74 Å². The number of anilines is 1. The zero-order chi connectivity index (χ0) is 13.9. The number of halogens is 1. The standard InChI is InChI=1S/C14H16BrN3OS/c1-10-16-14(20-17-10)18-7-5-12(6-8-18)19-13-4-2-3-11(15)9-13/h2-4,9,12H,5-8H2,1H3. The fraction of sp³-hybridized carbons (Fsp3) is 0.429. The maximum atomic E-state index is 6.04. The van der Waals surface area contributed by atoms with Gasteiger partial charge in [-0.15, -0.1) is 0 Å². The lowest BCUT2D eigenvalue weighted by Gasteiger charge is -2.31. The summed E-state index contributed by atoms with van der Waals surface area (Å²) in [6.07, 6.45) is 2.32. The Bertz CT molecular complexity index is 581. The van der Waals surface area contributed by atoms with Crippen LogP contribution in [0.2, 0.25) is 0 Å². The Morgan fingerprint density at radius 3 is 2.80 bits per heavy atom.